The van der Waals surface area contributed by atoms with Gasteiger partial charge < -0.3 is 10.6 Å². The molecule has 1 aromatic rings. The van der Waals surface area contributed by atoms with E-state index < -0.39 is 11.9 Å². The molecule has 0 aromatic heterocycles. The van der Waals surface area contributed by atoms with E-state index in [1.807, 2.05) is 26.0 Å². The van der Waals surface area contributed by atoms with E-state index >= 15 is 0 Å². The van der Waals surface area contributed by atoms with E-state index in [0.29, 0.717) is 30.5 Å². The van der Waals surface area contributed by atoms with Gasteiger partial charge in [0.25, 0.3) is 5.91 Å². The molecule has 4 rings (SSSR count). The summed E-state index contributed by atoms with van der Waals surface area (Å²) in [5, 5.41) is 5.76. The van der Waals surface area contributed by atoms with Crippen molar-refractivity contribution >= 4 is 29.3 Å². The van der Waals surface area contributed by atoms with Gasteiger partial charge in [0.05, 0.1) is 11.8 Å². The number of fused-ring (bicyclic) bond motifs is 1. The Morgan fingerprint density at radius 1 is 1.06 bits per heavy atom. The Labute approximate surface area is 182 Å². The van der Waals surface area contributed by atoms with Crippen LogP contribution in [0.4, 0.5) is 5.69 Å². The second-order valence-electron chi connectivity index (χ2n) is 9.17. The molecular weight excluding hydrogens is 394 g/mol. The summed E-state index contributed by atoms with van der Waals surface area (Å²) < 4.78 is 0. The fraction of sp³-hybridized carbons (Fsp3) is 0.500. The Kier molecular flexibility index (Phi) is 5.94. The van der Waals surface area contributed by atoms with Gasteiger partial charge in [-0.05, 0) is 56.2 Å². The van der Waals surface area contributed by atoms with Gasteiger partial charge in [-0.25, -0.2) is 0 Å². The first-order chi connectivity index (χ1) is 14.8. The number of amides is 4. The van der Waals surface area contributed by atoms with Gasteiger partial charge in [-0.15, -0.1) is 0 Å². The Morgan fingerprint density at radius 2 is 1.71 bits per heavy atom. The predicted octanol–water partition coefficient (Wildman–Crippen LogP) is 2.88. The highest BCUT2D eigenvalue weighted by Gasteiger charge is 2.51. The summed E-state index contributed by atoms with van der Waals surface area (Å²) >= 11 is 0. The standard InChI is InChI=1S/C24H29N3O4/c1-14(2)12-20(27-23(30)18-8-3-4-9-19(18)24(27)31)22(29)26-17-7-5-6-15(13-17)21(28)25-16-10-11-16/h3-7,13-14,16,18-20H,8-12H2,1-2H3,(H,25,28)(H,26,29)/t18-,19-,20-/m1/s1. The van der Waals surface area contributed by atoms with Crippen molar-refractivity contribution in [3.63, 3.8) is 0 Å². The quantitative estimate of drug-likeness (QED) is 0.521. The molecule has 2 fully saturated rings. The van der Waals surface area contributed by atoms with Crippen LogP contribution >= 0.6 is 0 Å². The van der Waals surface area contributed by atoms with Crippen LogP contribution in [-0.2, 0) is 14.4 Å². The normalized spacial score (nSPS) is 23.6. The van der Waals surface area contributed by atoms with Crippen molar-refractivity contribution in [2.24, 2.45) is 17.8 Å². The zero-order valence-corrected chi connectivity index (χ0v) is 18.0. The molecule has 1 heterocycles. The second kappa shape index (κ2) is 8.65. The molecule has 3 atom stereocenters. The van der Waals surface area contributed by atoms with Crippen molar-refractivity contribution in [3.8, 4) is 0 Å². The zero-order chi connectivity index (χ0) is 22.1. The highest BCUT2D eigenvalue weighted by atomic mass is 16.2. The molecule has 4 amide bonds. The molecule has 0 radical (unpaired) electrons. The highest BCUT2D eigenvalue weighted by Crippen LogP contribution is 2.37. The minimum Gasteiger partial charge on any atom is -0.349 e. The van der Waals surface area contributed by atoms with Crippen LogP contribution in [-0.4, -0.2) is 40.6 Å². The Bertz CT molecular complexity index is 909. The van der Waals surface area contributed by atoms with Crippen molar-refractivity contribution in [2.75, 3.05) is 5.32 Å². The lowest BCUT2D eigenvalue weighted by Crippen LogP contribution is -2.48. The monoisotopic (exact) mass is 423 g/mol. The summed E-state index contributed by atoms with van der Waals surface area (Å²) in [7, 11) is 0. The number of likely N-dealkylation sites (tertiary alicyclic amines) is 1. The molecule has 0 unspecified atom stereocenters. The maximum absolute atomic E-state index is 13.2. The third-order valence-corrected chi connectivity index (χ3v) is 6.16. The molecule has 7 nitrogen and oxygen atoms in total. The predicted molar refractivity (Wildman–Crippen MR) is 116 cm³/mol. The summed E-state index contributed by atoms with van der Waals surface area (Å²) in [6, 6.07) is 6.11. The second-order valence-corrected chi connectivity index (χ2v) is 9.17. The number of hydrogen-bond donors (Lipinski definition) is 2. The number of carbonyl (C=O) groups excluding carboxylic acids is 4. The fourth-order valence-corrected chi connectivity index (χ4v) is 4.37. The van der Waals surface area contributed by atoms with E-state index in [1.54, 1.807) is 24.3 Å². The average Bonchev–Trinajstić information content (AvgIpc) is 3.52. The number of benzene rings is 1. The lowest BCUT2D eigenvalue weighted by molar-refractivity contribution is -0.147. The summed E-state index contributed by atoms with van der Waals surface area (Å²) in [6.07, 6.45) is 7.33. The molecule has 1 saturated carbocycles. The lowest BCUT2D eigenvalue weighted by atomic mass is 9.85. The number of allylic oxidation sites excluding steroid dienone is 2. The molecule has 1 aliphatic heterocycles. The molecule has 0 spiro atoms. The summed E-state index contributed by atoms with van der Waals surface area (Å²) in [4.78, 5) is 52.8. The molecule has 0 bridgehead atoms. The minimum absolute atomic E-state index is 0.118. The van der Waals surface area contributed by atoms with Crippen LogP contribution in [0.2, 0.25) is 0 Å². The summed E-state index contributed by atoms with van der Waals surface area (Å²) in [5.41, 5.74) is 0.941. The SMILES string of the molecule is CC(C)C[C@H](C(=O)Nc1cccc(C(=O)NC2CC2)c1)N1C(=O)[C@@H]2CC=CC[C@H]2C1=O. The highest BCUT2D eigenvalue weighted by molar-refractivity contribution is 6.10. The molecule has 164 valence electrons. The lowest BCUT2D eigenvalue weighted by Gasteiger charge is -2.27. The fourth-order valence-electron chi connectivity index (χ4n) is 4.37. The van der Waals surface area contributed by atoms with Crippen LogP contribution in [0, 0.1) is 17.8 Å². The van der Waals surface area contributed by atoms with Gasteiger partial charge >= 0.3 is 0 Å². The van der Waals surface area contributed by atoms with E-state index in [2.05, 4.69) is 10.6 Å². The number of rotatable bonds is 7. The van der Waals surface area contributed by atoms with Gasteiger partial charge in [0.1, 0.15) is 6.04 Å². The first kappa shape index (κ1) is 21.3. The van der Waals surface area contributed by atoms with E-state index in [4.69, 9.17) is 0 Å². The molecule has 1 aromatic carbocycles. The number of carbonyl (C=O) groups is 4. The number of nitrogens with one attached hydrogen (secondary N) is 2. The van der Waals surface area contributed by atoms with Crippen LogP contribution in [0.25, 0.3) is 0 Å². The third kappa shape index (κ3) is 4.55. The number of nitrogens with zero attached hydrogens (tertiary/aromatic N) is 1. The minimum atomic E-state index is -0.866. The van der Waals surface area contributed by atoms with Crippen LogP contribution in [0.5, 0.6) is 0 Å². The average molecular weight is 424 g/mol. The maximum atomic E-state index is 13.2. The Hall–Kier alpha value is -2.96. The van der Waals surface area contributed by atoms with Gasteiger partial charge in [-0.1, -0.05) is 32.1 Å². The third-order valence-electron chi connectivity index (χ3n) is 6.16. The molecule has 2 N–H and O–H groups in total. The van der Waals surface area contributed by atoms with Crippen LogP contribution < -0.4 is 10.6 Å². The van der Waals surface area contributed by atoms with E-state index in [9.17, 15) is 19.2 Å². The van der Waals surface area contributed by atoms with Gasteiger partial charge in [0.15, 0.2) is 0 Å². The molecular formula is C24H29N3O4. The summed E-state index contributed by atoms with van der Waals surface area (Å²) in [6.45, 7) is 3.92. The maximum Gasteiger partial charge on any atom is 0.251 e. The van der Waals surface area contributed by atoms with Crippen molar-refractivity contribution < 1.29 is 19.2 Å². The van der Waals surface area contributed by atoms with Crippen molar-refractivity contribution in [1.29, 1.82) is 0 Å². The van der Waals surface area contributed by atoms with Crippen LogP contribution in [0.15, 0.2) is 36.4 Å². The molecule has 31 heavy (non-hydrogen) atoms. The van der Waals surface area contributed by atoms with Gasteiger partial charge in [0, 0.05) is 17.3 Å². The number of hydrogen-bond acceptors (Lipinski definition) is 4. The first-order valence-corrected chi connectivity index (χ1v) is 11.1. The molecule has 7 heteroatoms. The molecule has 2 aliphatic carbocycles. The van der Waals surface area contributed by atoms with Gasteiger partial charge in [-0.3, -0.25) is 24.1 Å². The Balaban J connectivity index is 1.52. The molecule has 3 aliphatic rings. The van der Waals surface area contributed by atoms with Crippen LogP contribution in [0.1, 0.15) is 56.3 Å². The smallest absolute Gasteiger partial charge is 0.251 e. The van der Waals surface area contributed by atoms with E-state index in [0.717, 1.165) is 12.8 Å². The van der Waals surface area contributed by atoms with Crippen molar-refractivity contribution in [3.05, 3.63) is 42.0 Å². The number of imide groups is 1. The Morgan fingerprint density at radius 3 is 2.29 bits per heavy atom. The topological polar surface area (TPSA) is 95.6 Å². The molecule has 1 saturated heterocycles. The summed E-state index contributed by atoms with van der Waals surface area (Å²) in [5.74, 6) is -1.69. The largest absolute Gasteiger partial charge is 0.349 e. The van der Waals surface area contributed by atoms with Crippen molar-refractivity contribution in [2.45, 2.75) is 58.0 Å². The van der Waals surface area contributed by atoms with Gasteiger partial charge in [0.2, 0.25) is 17.7 Å². The van der Waals surface area contributed by atoms with E-state index in [-0.39, 0.29) is 41.5 Å². The first-order valence-electron chi connectivity index (χ1n) is 11.1. The zero-order valence-electron chi connectivity index (χ0n) is 18.0. The van der Waals surface area contributed by atoms with Gasteiger partial charge in [-0.2, -0.15) is 0 Å². The van der Waals surface area contributed by atoms with E-state index in [1.165, 1.54) is 4.90 Å². The van der Waals surface area contributed by atoms with Crippen LogP contribution in [0.3, 0.4) is 0 Å². The van der Waals surface area contributed by atoms with Crippen molar-refractivity contribution in [1.82, 2.24) is 10.2 Å². The number of anilines is 1.